The number of rotatable bonds is 5. The van der Waals surface area contributed by atoms with Crippen LogP contribution in [0.15, 0.2) is 21.5 Å². The second kappa shape index (κ2) is 7.68. The van der Waals surface area contributed by atoms with Crippen LogP contribution < -0.4 is 15.2 Å². The zero-order valence-electron chi connectivity index (χ0n) is 12.1. The molecule has 1 aromatic carbocycles. The summed E-state index contributed by atoms with van der Waals surface area (Å²) in [6, 6.07) is 2.92. The third-order valence-electron chi connectivity index (χ3n) is 3.80. The lowest BCUT2D eigenvalue weighted by Crippen LogP contribution is -2.51. The average molecular weight is 434 g/mol. The van der Waals surface area contributed by atoms with Gasteiger partial charge in [-0.25, -0.2) is 13.1 Å². The summed E-state index contributed by atoms with van der Waals surface area (Å²) in [5.41, 5.74) is 5.23. The van der Waals surface area contributed by atoms with Gasteiger partial charge in [-0.3, -0.25) is 0 Å². The molecule has 5 nitrogen and oxygen atoms in total. The topological polar surface area (TPSA) is 81.4 Å². The van der Waals surface area contributed by atoms with E-state index < -0.39 is 15.6 Å². The number of methoxy groups -OCH3 is 1. The van der Waals surface area contributed by atoms with Gasteiger partial charge in [0.05, 0.1) is 17.0 Å². The number of halogens is 3. The van der Waals surface area contributed by atoms with Gasteiger partial charge < -0.3 is 10.5 Å². The van der Waals surface area contributed by atoms with Crippen molar-refractivity contribution in [3.8, 4) is 5.75 Å². The molecule has 1 aromatic rings. The first-order valence-corrected chi connectivity index (χ1v) is 9.26. The van der Waals surface area contributed by atoms with Crippen molar-refractivity contribution in [3.63, 3.8) is 0 Å². The Labute approximate surface area is 150 Å². The highest BCUT2D eigenvalue weighted by Crippen LogP contribution is 2.36. The standard InChI is InChI=1S/C13H18BrClN2O3S.ClH/c1-20-11-6-9(14)12(7-10(11)15)21(18,19)17-13(8-16)4-2-3-5-13;/h6-7,17H,2-5,8,16H2,1H3;1H. The minimum Gasteiger partial charge on any atom is -0.495 e. The molecule has 1 aliphatic rings. The molecule has 0 bridgehead atoms. The summed E-state index contributed by atoms with van der Waals surface area (Å²) >= 11 is 9.29. The Kier molecular flexibility index (Phi) is 6.98. The van der Waals surface area contributed by atoms with E-state index in [1.807, 2.05) is 0 Å². The van der Waals surface area contributed by atoms with E-state index in [0.29, 0.717) is 10.2 Å². The van der Waals surface area contributed by atoms with Crippen LogP contribution >= 0.6 is 39.9 Å². The second-order valence-electron chi connectivity index (χ2n) is 5.21. The molecule has 0 aliphatic heterocycles. The molecule has 0 spiro atoms. The van der Waals surface area contributed by atoms with Crippen LogP contribution in [0.25, 0.3) is 0 Å². The first kappa shape index (κ1) is 20.0. The summed E-state index contributed by atoms with van der Waals surface area (Å²) in [7, 11) is -2.24. The highest BCUT2D eigenvalue weighted by Gasteiger charge is 2.37. The lowest BCUT2D eigenvalue weighted by atomic mass is 10.0. The zero-order chi connectivity index (χ0) is 15.7. The number of sulfonamides is 1. The zero-order valence-corrected chi connectivity index (χ0v) is 16.0. The van der Waals surface area contributed by atoms with Gasteiger partial charge in [0.1, 0.15) is 5.75 Å². The highest BCUT2D eigenvalue weighted by molar-refractivity contribution is 9.10. The number of benzene rings is 1. The van der Waals surface area contributed by atoms with Crippen molar-refractivity contribution in [3.05, 3.63) is 21.6 Å². The van der Waals surface area contributed by atoms with Crippen LogP contribution in [-0.4, -0.2) is 27.6 Å². The van der Waals surface area contributed by atoms with Crippen molar-refractivity contribution >= 4 is 50.0 Å². The van der Waals surface area contributed by atoms with Crippen LogP contribution in [0.1, 0.15) is 25.7 Å². The molecule has 0 heterocycles. The van der Waals surface area contributed by atoms with E-state index in [4.69, 9.17) is 22.1 Å². The smallest absolute Gasteiger partial charge is 0.242 e. The number of nitrogens with two attached hydrogens (primary N) is 1. The van der Waals surface area contributed by atoms with Gasteiger partial charge in [-0.2, -0.15) is 0 Å². The van der Waals surface area contributed by atoms with E-state index in [9.17, 15) is 8.42 Å². The molecule has 0 amide bonds. The lowest BCUT2D eigenvalue weighted by Gasteiger charge is -2.28. The molecular weight excluding hydrogens is 415 g/mol. The van der Waals surface area contributed by atoms with Gasteiger partial charge in [0.25, 0.3) is 0 Å². The van der Waals surface area contributed by atoms with E-state index in [1.165, 1.54) is 13.2 Å². The fourth-order valence-corrected chi connectivity index (χ4v) is 5.44. The van der Waals surface area contributed by atoms with Gasteiger partial charge in [0, 0.05) is 16.6 Å². The normalized spacial score (nSPS) is 17.1. The molecule has 1 fully saturated rings. The maximum atomic E-state index is 12.6. The molecule has 126 valence electrons. The monoisotopic (exact) mass is 432 g/mol. The summed E-state index contributed by atoms with van der Waals surface area (Å²) in [5.74, 6) is 0.414. The average Bonchev–Trinajstić information content (AvgIpc) is 2.89. The minimum atomic E-state index is -3.71. The molecule has 0 saturated heterocycles. The van der Waals surface area contributed by atoms with Gasteiger partial charge in [0.2, 0.25) is 10.0 Å². The van der Waals surface area contributed by atoms with Crippen LogP contribution in [0.2, 0.25) is 5.02 Å². The highest BCUT2D eigenvalue weighted by atomic mass is 79.9. The van der Waals surface area contributed by atoms with Crippen molar-refractivity contribution in [2.24, 2.45) is 5.73 Å². The van der Waals surface area contributed by atoms with E-state index in [-0.39, 0.29) is 28.9 Å². The predicted molar refractivity (Wildman–Crippen MR) is 93.5 cm³/mol. The van der Waals surface area contributed by atoms with E-state index in [2.05, 4.69) is 20.7 Å². The van der Waals surface area contributed by atoms with Crippen molar-refractivity contribution in [2.75, 3.05) is 13.7 Å². The first-order valence-electron chi connectivity index (χ1n) is 6.61. The van der Waals surface area contributed by atoms with Crippen LogP contribution in [0.5, 0.6) is 5.75 Å². The molecule has 0 unspecified atom stereocenters. The molecule has 0 atom stereocenters. The minimum absolute atomic E-state index is 0. The van der Waals surface area contributed by atoms with Crippen molar-refractivity contribution in [1.29, 1.82) is 0 Å². The SMILES string of the molecule is COc1cc(Br)c(S(=O)(=O)NC2(CN)CCCC2)cc1Cl.Cl. The molecule has 1 aliphatic carbocycles. The van der Waals surface area contributed by atoms with E-state index >= 15 is 0 Å². The Morgan fingerprint density at radius 1 is 1.41 bits per heavy atom. The summed E-state index contributed by atoms with van der Waals surface area (Å²) in [4.78, 5) is 0.0908. The molecule has 0 aromatic heterocycles. The fourth-order valence-electron chi connectivity index (χ4n) is 2.61. The van der Waals surface area contributed by atoms with Gasteiger partial charge in [0.15, 0.2) is 0 Å². The fraction of sp³-hybridized carbons (Fsp3) is 0.538. The van der Waals surface area contributed by atoms with Gasteiger partial charge in [-0.05, 0) is 40.9 Å². The van der Waals surface area contributed by atoms with Crippen LogP contribution in [0.3, 0.4) is 0 Å². The Balaban J connectivity index is 0.00000242. The third kappa shape index (κ3) is 4.07. The molecule has 0 radical (unpaired) electrons. The Morgan fingerprint density at radius 3 is 2.50 bits per heavy atom. The van der Waals surface area contributed by atoms with Gasteiger partial charge in [-0.1, -0.05) is 24.4 Å². The maximum Gasteiger partial charge on any atom is 0.242 e. The van der Waals surface area contributed by atoms with Crippen LogP contribution in [-0.2, 0) is 10.0 Å². The lowest BCUT2D eigenvalue weighted by molar-refractivity contribution is 0.399. The van der Waals surface area contributed by atoms with Gasteiger partial charge >= 0.3 is 0 Å². The quantitative estimate of drug-likeness (QED) is 0.747. The third-order valence-corrected chi connectivity index (χ3v) is 6.63. The van der Waals surface area contributed by atoms with E-state index in [0.717, 1.165) is 25.7 Å². The summed E-state index contributed by atoms with van der Waals surface area (Å²) < 4.78 is 33.5. The molecule has 9 heteroatoms. The Morgan fingerprint density at radius 2 is 2.00 bits per heavy atom. The van der Waals surface area contributed by atoms with Crippen LogP contribution in [0, 0.1) is 0 Å². The molecular formula is C13H19BrCl2N2O3S. The van der Waals surface area contributed by atoms with Crippen LogP contribution in [0.4, 0.5) is 0 Å². The summed E-state index contributed by atoms with van der Waals surface area (Å²) in [5, 5.41) is 0.245. The summed E-state index contributed by atoms with van der Waals surface area (Å²) in [6.45, 7) is 0.285. The number of nitrogens with one attached hydrogen (secondary N) is 1. The Bertz CT molecular complexity index is 634. The molecule has 2 rings (SSSR count). The Hall–Kier alpha value is -0.0500. The molecule has 22 heavy (non-hydrogen) atoms. The largest absolute Gasteiger partial charge is 0.495 e. The second-order valence-corrected chi connectivity index (χ2v) is 8.13. The maximum absolute atomic E-state index is 12.6. The van der Waals surface area contributed by atoms with Crippen molar-refractivity contribution in [1.82, 2.24) is 4.72 Å². The van der Waals surface area contributed by atoms with E-state index in [1.54, 1.807) is 6.07 Å². The predicted octanol–water partition coefficient (Wildman–Crippen LogP) is 3.08. The summed E-state index contributed by atoms with van der Waals surface area (Å²) in [6.07, 6.45) is 3.46. The number of hydrogen-bond donors (Lipinski definition) is 2. The number of ether oxygens (including phenoxy) is 1. The van der Waals surface area contributed by atoms with Crippen molar-refractivity contribution < 1.29 is 13.2 Å². The van der Waals surface area contributed by atoms with Gasteiger partial charge in [-0.15, -0.1) is 12.4 Å². The van der Waals surface area contributed by atoms with Crippen molar-refractivity contribution in [2.45, 2.75) is 36.1 Å². The first-order chi connectivity index (χ1) is 9.83. The molecule has 3 N–H and O–H groups in total. The number of hydrogen-bond acceptors (Lipinski definition) is 4. The molecule has 1 saturated carbocycles.